The van der Waals surface area contributed by atoms with Crippen LogP contribution in [0.1, 0.15) is 27.6 Å². The number of aryl methyl sites for hydroxylation is 1. The zero-order chi connectivity index (χ0) is 16.7. The molecule has 0 unspecified atom stereocenters. The topological polar surface area (TPSA) is 59.5 Å². The molecule has 0 spiro atoms. The molecule has 4 nitrogen and oxygen atoms in total. The maximum absolute atomic E-state index is 12.9. The lowest BCUT2D eigenvalue weighted by Crippen LogP contribution is -2.32. The summed E-state index contributed by atoms with van der Waals surface area (Å²) in [5.41, 5.74) is 9.14. The van der Waals surface area contributed by atoms with Crippen molar-refractivity contribution in [3.05, 3.63) is 71.5 Å². The summed E-state index contributed by atoms with van der Waals surface area (Å²) in [6, 6.07) is 17.8. The molecule has 0 radical (unpaired) electrons. The maximum atomic E-state index is 12.9. The van der Waals surface area contributed by atoms with Gasteiger partial charge in [-0.05, 0) is 18.6 Å². The summed E-state index contributed by atoms with van der Waals surface area (Å²) in [5.74, 6) is 0.523. The van der Waals surface area contributed by atoms with E-state index in [1.807, 2.05) is 54.3 Å². The molecule has 4 heteroatoms. The number of fused-ring (bicyclic) bond motifs is 1. The molecular formula is C20H20N2O2. The largest absolute Gasteiger partial charge is 0.451 e. The summed E-state index contributed by atoms with van der Waals surface area (Å²) in [6.07, 6.45) is 0. The molecule has 24 heavy (non-hydrogen) atoms. The van der Waals surface area contributed by atoms with E-state index in [4.69, 9.17) is 10.2 Å². The van der Waals surface area contributed by atoms with E-state index in [0.717, 1.165) is 16.5 Å². The predicted molar refractivity (Wildman–Crippen MR) is 94.0 cm³/mol. The van der Waals surface area contributed by atoms with Crippen molar-refractivity contribution in [2.24, 2.45) is 5.73 Å². The number of likely N-dealkylation sites (tertiary alicyclic amines) is 1. The number of rotatable bonds is 2. The molecule has 4 rings (SSSR count). The van der Waals surface area contributed by atoms with E-state index in [1.54, 1.807) is 0 Å². The van der Waals surface area contributed by atoms with Crippen LogP contribution in [0.3, 0.4) is 0 Å². The predicted octanol–water partition coefficient (Wildman–Crippen LogP) is 3.31. The van der Waals surface area contributed by atoms with Gasteiger partial charge in [-0.25, -0.2) is 0 Å². The van der Waals surface area contributed by atoms with Gasteiger partial charge >= 0.3 is 0 Å². The molecule has 0 saturated carbocycles. The summed E-state index contributed by atoms with van der Waals surface area (Å²) >= 11 is 0. The first-order chi connectivity index (χ1) is 11.6. The number of benzene rings is 2. The van der Waals surface area contributed by atoms with E-state index >= 15 is 0 Å². The SMILES string of the molecule is Cc1c(C(=O)N2C[C@@H](N)[C@H](c3ccccc3)C2)oc2ccccc12. The van der Waals surface area contributed by atoms with Crippen LogP contribution in [0.25, 0.3) is 11.0 Å². The van der Waals surface area contributed by atoms with Crippen LogP contribution in [0.4, 0.5) is 0 Å². The zero-order valence-corrected chi connectivity index (χ0v) is 13.6. The Morgan fingerprint density at radius 3 is 2.54 bits per heavy atom. The molecule has 2 heterocycles. The third-order valence-electron chi connectivity index (χ3n) is 4.92. The van der Waals surface area contributed by atoms with E-state index < -0.39 is 0 Å². The number of carbonyl (C=O) groups excluding carboxylic acids is 1. The van der Waals surface area contributed by atoms with Crippen molar-refractivity contribution in [1.82, 2.24) is 4.90 Å². The molecule has 1 aliphatic heterocycles. The van der Waals surface area contributed by atoms with Gasteiger partial charge < -0.3 is 15.1 Å². The van der Waals surface area contributed by atoms with Crippen LogP contribution in [0.2, 0.25) is 0 Å². The number of para-hydroxylation sites is 1. The zero-order valence-electron chi connectivity index (χ0n) is 13.6. The van der Waals surface area contributed by atoms with Crippen LogP contribution < -0.4 is 5.73 Å². The average molecular weight is 320 g/mol. The second-order valence-corrected chi connectivity index (χ2v) is 6.44. The van der Waals surface area contributed by atoms with Crippen molar-refractivity contribution < 1.29 is 9.21 Å². The third-order valence-corrected chi connectivity index (χ3v) is 4.92. The monoisotopic (exact) mass is 320 g/mol. The van der Waals surface area contributed by atoms with Crippen LogP contribution in [-0.4, -0.2) is 29.9 Å². The lowest BCUT2D eigenvalue weighted by Gasteiger charge is -2.15. The van der Waals surface area contributed by atoms with Gasteiger partial charge in [0.05, 0.1) is 0 Å². The van der Waals surface area contributed by atoms with E-state index in [2.05, 4.69) is 12.1 Å². The van der Waals surface area contributed by atoms with Gasteiger partial charge in [-0.15, -0.1) is 0 Å². The number of hydrogen-bond donors (Lipinski definition) is 1. The second kappa shape index (κ2) is 5.80. The highest BCUT2D eigenvalue weighted by molar-refractivity contribution is 5.99. The van der Waals surface area contributed by atoms with E-state index in [1.165, 1.54) is 5.56 Å². The minimum atomic E-state index is -0.0717. The Bertz CT molecular complexity index is 885. The summed E-state index contributed by atoms with van der Waals surface area (Å²) in [7, 11) is 0. The number of nitrogens with two attached hydrogens (primary N) is 1. The molecule has 2 N–H and O–H groups in total. The fourth-order valence-corrected chi connectivity index (χ4v) is 3.57. The maximum Gasteiger partial charge on any atom is 0.289 e. The normalized spacial score (nSPS) is 20.7. The van der Waals surface area contributed by atoms with Crippen LogP contribution >= 0.6 is 0 Å². The smallest absolute Gasteiger partial charge is 0.289 e. The van der Waals surface area contributed by atoms with Crippen molar-refractivity contribution in [1.29, 1.82) is 0 Å². The Labute approximate surface area is 140 Å². The van der Waals surface area contributed by atoms with Gasteiger partial charge in [0.2, 0.25) is 0 Å². The summed E-state index contributed by atoms with van der Waals surface area (Å²) in [6.45, 7) is 3.11. The number of hydrogen-bond acceptors (Lipinski definition) is 3. The molecule has 0 aliphatic carbocycles. The minimum absolute atomic E-state index is 0.0546. The molecule has 1 aliphatic rings. The van der Waals surface area contributed by atoms with Crippen LogP contribution in [0.5, 0.6) is 0 Å². The fraction of sp³-hybridized carbons (Fsp3) is 0.250. The van der Waals surface area contributed by atoms with E-state index in [0.29, 0.717) is 18.8 Å². The lowest BCUT2D eigenvalue weighted by atomic mass is 9.95. The summed E-state index contributed by atoms with van der Waals surface area (Å²) < 4.78 is 5.82. The molecular weight excluding hydrogens is 300 g/mol. The number of amides is 1. The Kier molecular flexibility index (Phi) is 3.62. The van der Waals surface area contributed by atoms with Crippen molar-refractivity contribution >= 4 is 16.9 Å². The molecule has 1 amide bonds. The van der Waals surface area contributed by atoms with Crippen LogP contribution in [0, 0.1) is 6.92 Å². The van der Waals surface area contributed by atoms with Crippen molar-refractivity contribution in [2.45, 2.75) is 18.9 Å². The van der Waals surface area contributed by atoms with Crippen molar-refractivity contribution in [2.75, 3.05) is 13.1 Å². The molecule has 3 aromatic rings. The highest BCUT2D eigenvalue weighted by atomic mass is 16.3. The van der Waals surface area contributed by atoms with Crippen LogP contribution in [-0.2, 0) is 0 Å². The van der Waals surface area contributed by atoms with Crippen molar-refractivity contribution in [3.8, 4) is 0 Å². The van der Waals surface area contributed by atoms with Crippen molar-refractivity contribution in [3.63, 3.8) is 0 Å². The highest BCUT2D eigenvalue weighted by Gasteiger charge is 2.35. The Morgan fingerprint density at radius 1 is 1.08 bits per heavy atom. The molecule has 1 saturated heterocycles. The average Bonchev–Trinajstić information content (AvgIpc) is 3.16. The molecule has 2 aromatic carbocycles. The Morgan fingerprint density at radius 2 is 1.79 bits per heavy atom. The van der Waals surface area contributed by atoms with Gasteiger partial charge in [0.1, 0.15) is 5.58 Å². The minimum Gasteiger partial charge on any atom is -0.451 e. The fourth-order valence-electron chi connectivity index (χ4n) is 3.57. The number of carbonyl (C=O) groups is 1. The van der Waals surface area contributed by atoms with Gasteiger partial charge in [0.25, 0.3) is 5.91 Å². The summed E-state index contributed by atoms with van der Waals surface area (Å²) in [4.78, 5) is 14.7. The second-order valence-electron chi connectivity index (χ2n) is 6.44. The Hall–Kier alpha value is -2.59. The lowest BCUT2D eigenvalue weighted by molar-refractivity contribution is 0.0759. The molecule has 1 aromatic heterocycles. The first-order valence-corrected chi connectivity index (χ1v) is 8.23. The third kappa shape index (κ3) is 2.39. The number of furan rings is 1. The first-order valence-electron chi connectivity index (χ1n) is 8.23. The molecule has 1 fully saturated rings. The number of nitrogens with zero attached hydrogens (tertiary/aromatic N) is 1. The quantitative estimate of drug-likeness (QED) is 0.788. The van der Waals surface area contributed by atoms with E-state index in [9.17, 15) is 4.79 Å². The first kappa shape index (κ1) is 15.0. The van der Waals surface area contributed by atoms with E-state index in [-0.39, 0.29) is 17.9 Å². The molecule has 122 valence electrons. The summed E-state index contributed by atoms with van der Waals surface area (Å²) in [5, 5.41) is 0.990. The standard InChI is InChI=1S/C20H20N2O2/c1-13-15-9-5-6-10-18(15)24-19(13)20(23)22-11-16(17(21)12-22)14-7-3-2-4-8-14/h2-10,16-17H,11-12,21H2,1H3/t16-,17+/m0/s1. The van der Waals surface area contributed by atoms with Gasteiger partial charge in [0.15, 0.2) is 5.76 Å². The van der Waals surface area contributed by atoms with Crippen LogP contribution in [0.15, 0.2) is 59.0 Å². The van der Waals surface area contributed by atoms with Gasteiger partial charge in [-0.3, -0.25) is 4.79 Å². The molecule has 2 atom stereocenters. The highest BCUT2D eigenvalue weighted by Crippen LogP contribution is 2.30. The Balaban J connectivity index is 1.62. The van der Waals surface area contributed by atoms with Gasteiger partial charge in [-0.1, -0.05) is 48.5 Å². The van der Waals surface area contributed by atoms with Gasteiger partial charge in [0, 0.05) is 36.0 Å². The van der Waals surface area contributed by atoms with Gasteiger partial charge in [-0.2, -0.15) is 0 Å². The molecule has 0 bridgehead atoms.